The smallest absolute Gasteiger partial charge is 0.303 e. The number of rotatable bonds is 13. The second-order valence-electron chi connectivity index (χ2n) is 5.02. The van der Waals surface area contributed by atoms with Crippen molar-refractivity contribution >= 4 is 5.97 Å². The molecule has 2 nitrogen and oxygen atoms in total. The van der Waals surface area contributed by atoms with Crippen molar-refractivity contribution in [2.24, 2.45) is 0 Å². The Morgan fingerprint density at radius 3 is 2.00 bits per heavy atom. The van der Waals surface area contributed by atoms with Crippen molar-refractivity contribution in [3.63, 3.8) is 0 Å². The zero-order chi connectivity index (χ0) is 14.2. The fraction of sp³-hybridized carbons (Fsp3) is 0.706. The summed E-state index contributed by atoms with van der Waals surface area (Å²) < 4.78 is 0. The summed E-state index contributed by atoms with van der Waals surface area (Å²) in [6, 6.07) is 0. The molecule has 0 spiro atoms. The topological polar surface area (TPSA) is 37.3 Å². The minimum atomic E-state index is -0.675. The van der Waals surface area contributed by atoms with Gasteiger partial charge in [-0.2, -0.15) is 0 Å². The average molecular weight is 266 g/mol. The standard InChI is InChI=1S/C17H30O2/c1-2-3-4-5-6-7-8-9-10-11-12-13-14-15-16-17(18)19/h6-7,9-10H,2-5,8,11-16H2,1H3,(H,18,19)/b7-6+,10-9+. The number of hydrogen-bond donors (Lipinski definition) is 1. The molecule has 2 heteroatoms. The van der Waals surface area contributed by atoms with E-state index in [0.29, 0.717) is 6.42 Å². The molecule has 0 radical (unpaired) electrons. The molecule has 19 heavy (non-hydrogen) atoms. The summed E-state index contributed by atoms with van der Waals surface area (Å²) in [5.74, 6) is -0.675. The lowest BCUT2D eigenvalue weighted by atomic mass is 10.1. The molecule has 0 amide bonds. The number of carboxylic acid groups (broad SMARTS) is 1. The fourth-order valence-electron chi connectivity index (χ4n) is 1.91. The summed E-state index contributed by atoms with van der Waals surface area (Å²) in [5.41, 5.74) is 0. The van der Waals surface area contributed by atoms with E-state index < -0.39 is 5.97 Å². The Balaban J connectivity index is 3.19. The van der Waals surface area contributed by atoms with Gasteiger partial charge in [0.25, 0.3) is 0 Å². The Hall–Kier alpha value is -1.05. The van der Waals surface area contributed by atoms with Crippen LogP contribution < -0.4 is 0 Å². The van der Waals surface area contributed by atoms with Gasteiger partial charge in [0.1, 0.15) is 0 Å². The number of allylic oxidation sites excluding steroid dienone is 4. The van der Waals surface area contributed by atoms with Gasteiger partial charge in [-0.1, -0.05) is 56.9 Å². The minimum Gasteiger partial charge on any atom is -0.481 e. The van der Waals surface area contributed by atoms with Gasteiger partial charge < -0.3 is 5.11 Å². The van der Waals surface area contributed by atoms with Crippen LogP contribution in [-0.2, 0) is 4.79 Å². The molecule has 0 atom stereocenters. The SMILES string of the molecule is CCCCC/C=C/C/C=C/CCCCCCC(=O)O. The lowest BCUT2D eigenvalue weighted by molar-refractivity contribution is -0.137. The van der Waals surface area contributed by atoms with Crippen molar-refractivity contribution in [2.45, 2.75) is 77.6 Å². The molecule has 0 aliphatic heterocycles. The maximum Gasteiger partial charge on any atom is 0.303 e. The predicted molar refractivity (Wildman–Crippen MR) is 82.4 cm³/mol. The van der Waals surface area contributed by atoms with Gasteiger partial charge >= 0.3 is 5.97 Å². The van der Waals surface area contributed by atoms with E-state index in [1.165, 1.54) is 32.1 Å². The molecule has 0 aromatic heterocycles. The Morgan fingerprint density at radius 2 is 1.42 bits per heavy atom. The molecule has 0 aromatic carbocycles. The van der Waals surface area contributed by atoms with E-state index in [2.05, 4.69) is 31.2 Å². The van der Waals surface area contributed by atoms with Gasteiger partial charge in [0, 0.05) is 6.42 Å². The van der Waals surface area contributed by atoms with Crippen LogP contribution in [0.25, 0.3) is 0 Å². The van der Waals surface area contributed by atoms with Crippen LogP contribution in [0.5, 0.6) is 0 Å². The number of aliphatic carboxylic acids is 1. The van der Waals surface area contributed by atoms with Crippen LogP contribution in [0.3, 0.4) is 0 Å². The highest BCUT2D eigenvalue weighted by Gasteiger charge is 1.95. The molecule has 0 heterocycles. The van der Waals surface area contributed by atoms with Gasteiger partial charge in [0.05, 0.1) is 0 Å². The first-order valence-electron chi connectivity index (χ1n) is 7.79. The summed E-state index contributed by atoms with van der Waals surface area (Å²) in [7, 11) is 0. The number of unbranched alkanes of at least 4 members (excludes halogenated alkanes) is 7. The van der Waals surface area contributed by atoms with Gasteiger partial charge in [-0.05, 0) is 38.5 Å². The summed E-state index contributed by atoms with van der Waals surface area (Å²) in [6.07, 6.45) is 20.8. The molecule has 1 N–H and O–H groups in total. The third kappa shape index (κ3) is 16.9. The van der Waals surface area contributed by atoms with Crippen molar-refractivity contribution < 1.29 is 9.90 Å². The molecular formula is C17H30O2. The van der Waals surface area contributed by atoms with Gasteiger partial charge in [-0.15, -0.1) is 0 Å². The monoisotopic (exact) mass is 266 g/mol. The summed E-state index contributed by atoms with van der Waals surface area (Å²) in [5, 5.41) is 8.49. The maximum absolute atomic E-state index is 10.3. The first kappa shape index (κ1) is 17.9. The molecule has 0 bridgehead atoms. The van der Waals surface area contributed by atoms with Gasteiger partial charge in [0.2, 0.25) is 0 Å². The van der Waals surface area contributed by atoms with Gasteiger partial charge in [0.15, 0.2) is 0 Å². The quantitative estimate of drug-likeness (QED) is 0.353. The van der Waals surface area contributed by atoms with E-state index in [1.54, 1.807) is 0 Å². The Morgan fingerprint density at radius 1 is 0.842 bits per heavy atom. The van der Waals surface area contributed by atoms with Crippen molar-refractivity contribution in [2.75, 3.05) is 0 Å². The molecule has 0 rings (SSSR count). The third-order valence-corrected chi connectivity index (χ3v) is 3.09. The Bertz CT molecular complexity index is 254. The zero-order valence-corrected chi connectivity index (χ0v) is 12.4. The van der Waals surface area contributed by atoms with E-state index in [0.717, 1.165) is 32.1 Å². The van der Waals surface area contributed by atoms with Crippen LogP contribution in [0, 0.1) is 0 Å². The molecule has 0 unspecified atom stereocenters. The fourth-order valence-corrected chi connectivity index (χ4v) is 1.91. The number of hydrogen-bond acceptors (Lipinski definition) is 1. The molecule has 0 aliphatic carbocycles. The third-order valence-electron chi connectivity index (χ3n) is 3.09. The van der Waals surface area contributed by atoms with E-state index in [1.807, 2.05) is 0 Å². The minimum absolute atomic E-state index is 0.318. The number of carbonyl (C=O) groups is 1. The van der Waals surface area contributed by atoms with E-state index in [9.17, 15) is 4.79 Å². The van der Waals surface area contributed by atoms with Crippen molar-refractivity contribution in [1.82, 2.24) is 0 Å². The first-order valence-corrected chi connectivity index (χ1v) is 7.79. The van der Waals surface area contributed by atoms with Crippen LogP contribution in [0.2, 0.25) is 0 Å². The van der Waals surface area contributed by atoms with E-state index in [-0.39, 0.29) is 0 Å². The Labute approximate surface area is 118 Å². The molecule has 0 fully saturated rings. The molecule has 0 saturated heterocycles. The molecular weight excluding hydrogens is 236 g/mol. The van der Waals surface area contributed by atoms with Crippen LogP contribution in [-0.4, -0.2) is 11.1 Å². The average Bonchev–Trinajstić information content (AvgIpc) is 2.39. The van der Waals surface area contributed by atoms with Crippen LogP contribution in [0.1, 0.15) is 77.6 Å². The molecule has 0 aromatic rings. The Kier molecular flexibility index (Phi) is 14.2. The summed E-state index contributed by atoms with van der Waals surface area (Å²) in [4.78, 5) is 10.3. The van der Waals surface area contributed by atoms with Crippen molar-refractivity contribution in [1.29, 1.82) is 0 Å². The lowest BCUT2D eigenvalue weighted by Crippen LogP contribution is -1.93. The van der Waals surface area contributed by atoms with Crippen molar-refractivity contribution in [3.05, 3.63) is 24.3 Å². The summed E-state index contributed by atoms with van der Waals surface area (Å²) >= 11 is 0. The zero-order valence-electron chi connectivity index (χ0n) is 12.4. The number of carboxylic acids is 1. The highest BCUT2D eigenvalue weighted by Crippen LogP contribution is 2.06. The summed E-state index contributed by atoms with van der Waals surface area (Å²) in [6.45, 7) is 2.23. The van der Waals surface area contributed by atoms with Gasteiger partial charge in [-0.3, -0.25) is 4.79 Å². The molecule has 0 saturated carbocycles. The lowest BCUT2D eigenvalue weighted by Gasteiger charge is -1.96. The van der Waals surface area contributed by atoms with E-state index >= 15 is 0 Å². The normalized spacial score (nSPS) is 11.6. The predicted octanol–water partition coefficient (Wildman–Crippen LogP) is 5.49. The van der Waals surface area contributed by atoms with Crippen LogP contribution >= 0.6 is 0 Å². The van der Waals surface area contributed by atoms with Crippen LogP contribution in [0.15, 0.2) is 24.3 Å². The van der Waals surface area contributed by atoms with Gasteiger partial charge in [-0.25, -0.2) is 0 Å². The second kappa shape index (κ2) is 15.0. The van der Waals surface area contributed by atoms with E-state index in [4.69, 9.17) is 5.11 Å². The molecule has 110 valence electrons. The first-order chi connectivity index (χ1) is 9.27. The highest BCUT2D eigenvalue weighted by molar-refractivity contribution is 5.66. The highest BCUT2D eigenvalue weighted by atomic mass is 16.4. The molecule has 0 aliphatic rings. The maximum atomic E-state index is 10.3. The largest absolute Gasteiger partial charge is 0.481 e. The van der Waals surface area contributed by atoms with Crippen LogP contribution in [0.4, 0.5) is 0 Å². The second-order valence-corrected chi connectivity index (χ2v) is 5.02. The van der Waals surface area contributed by atoms with Crippen molar-refractivity contribution in [3.8, 4) is 0 Å².